The normalized spacial score (nSPS) is 13.0. The van der Waals surface area contributed by atoms with Crippen LogP contribution >= 0.6 is 0 Å². The van der Waals surface area contributed by atoms with Crippen molar-refractivity contribution in [2.75, 3.05) is 6.61 Å². The van der Waals surface area contributed by atoms with Crippen molar-refractivity contribution in [3.8, 4) is 5.88 Å². The van der Waals surface area contributed by atoms with Gasteiger partial charge in [0, 0.05) is 6.07 Å². The summed E-state index contributed by atoms with van der Waals surface area (Å²) < 4.78 is 5.26. The topological polar surface area (TPSA) is 71.0 Å². The number of nitrogens with one attached hydrogen (secondary N) is 1. The molecule has 0 amide bonds. The van der Waals surface area contributed by atoms with Crippen molar-refractivity contribution in [1.29, 1.82) is 0 Å². The van der Waals surface area contributed by atoms with E-state index in [0.717, 1.165) is 5.52 Å². The molecule has 0 radical (unpaired) electrons. The maximum atomic E-state index is 9.34. The summed E-state index contributed by atoms with van der Waals surface area (Å²) in [6, 6.07) is 3.61. The Kier molecular flexibility index (Phi) is 2.55. The fraction of sp³-hybridized carbons (Fsp3) is 0.400. The quantitative estimate of drug-likeness (QED) is 0.798. The van der Waals surface area contributed by atoms with Crippen molar-refractivity contribution in [3.05, 3.63) is 18.0 Å². The molecule has 2 N–H and O–H groups in total. The monoisotopic (exact) mass is 207 g/mol. The molecule has 0 aromatic carbocycles. The molecule has 2 aromatic heterocycles. The molecule has 0 unspecified atom stereocenters. The minimum absolute atomic E-state index is 0.520. The molecule has 0 bridgehead atoms. The summed E-state index contributed by atoms with van der Waals surface area (Å²) in [6.07, 6.45) is -0.616. The molecule has 5 heteroatoms. The second kappa shape index (κ2) is 3.86. The van der Waals surface area contributed by atoms with Gasteiger partial charge >= 0.3 is 0 Å². The fourth-order valence-corrected chi connectivity index (χ4v) is 1.32. The van der Waals surface area contributed by atoms with E-state index in [-0.39, 0.29) is 0 Å². The van der Waals surface area contributed by atoms with Crippen molar-refractivity contribution in [1.82, 2.24) is 15.0 Å². The summed E-state index contributed by atoms with van der Waals surface area (Å²) in [6.45, 7) is 4.13. The standard InChI is InChI=1S/C10H13N3O2/c1-3-15-8-5-4-7-10(12-8)13-9(11-7)6(2)14/h4-6,14H,3H2,1-2H3,(H,11,12,13)/t6-/m0/s1. The zero-order valence-electron chi connectivity index (χ0n) is 8.69. The summed E-state index contributed by atoms with van der Waals surface area (Å²) >= 11 is 0. The van der Waals surface area contributed by atoms with E-state index in [1.54, 1.807) is 13.0 Å². The summed E-state index contributed by atoms with van der Waals surface area (Å²) in [5, 5.41) is 9.34. The Hall–Kier alpha value is -1.62. The molecule has 15 heavy (non-hydrogen) atoms. The Balaban J connectivity index is 2.43. The van der Waals surface area contributed by atoms with Gasteiger partial charge in [-0.25, -0.2) is 4.98 Å². The molecule has 80 valence electrons. The SMILES string of the molecule is CCOc1ccc2[nH]c([C@H](C)O)nc2n1. The van der Waals surface area contributed by atoms with Gasteiger partial charge < -0.3 is 14.8 Å². The summed E-state index contributed by atoms with van der Waals surface area (Å²) in [5.74, 6) is 1.07. The molecule has 0 aliphatic carbocycles. The third kappa shape index (κ3) is 1.92. The molecule has 2 rings (SSSR count). The lowest BCUT2D eigenvalue weighted by molar-refractivity contribution is 0.190. The third-order valence-electron chi connectivity index (χ3n) is 2.03. The van der Waals surface area contributed by atoms with E-state index < -0.39 is 6.10 Å². The van der Waals surface area contributed by atoms with E-state index >= 15 is 0 Å². The number of nitrogens with zero attached hydrogens (tertiary/aromatic N) is 2. The number of aromatic nitrogens is 3. The van der Waals surface area contributed by atoms with Crippen molar-refractivity contribution >= 4 is 11.2 Å². The number of pyridine rings is 1. The van der Waals surface area contributed by atoms with E-state index in [4.69, 9.17) is 4.74 Å². The molecule has 0 fully saturated rings. The number of aliphatic hydroxyl groups is 1. The average molecular weight is 207 g/mol. The first-order valence-corrected chi connectivity index (χ1v) is 4.88. The van der Waals surface area contributed by atoms with Crippen LogP contribution in [0.15, 0.2) is 12.1 Å². The minimum atomic E-state index is -0.616. The summed E-state index contributed by atoms with van der Waals surface area (Å²) in [7, 11) is 0. The van der Waals surface area contributed by atoms with Crippen LogP contribution in [0.5, 0.6) is 5.88 Å². The Bertz CT molecular complexity index is 465. The van der Waals surface area contributed by atoms with Gasteiger partial charge in [-0.3, -0.25) is 0 Å². The smallest absolute Gasteiger partial charge is 0.215 e. The lowest BCUT2D eigenvalue weighted by Gasteiger charge is -1.99. The van der Waals surface area contributed by atoms with Crippen molar-refractivity contribution < 1.29 is 9.84 Å². The number of ether oxygens (including phenoxy) is 1. The predicted molar refractivity (Wildman–Crippen MR) is 55.7 cm³/mol. The number of aliphatic hydroxyl groups excluding tert-OH is 1. The second-order valence-corrected chi connectivity index (χ2v) is 3.25. The van der Waals surface area contributed by atoms with Gasteiger partial charge in [-0.1, -0.05) is 0 Å². The Labute approximate surface area is 87.1 Å². The van der Waals surface area contributed by atoms with Gasteiger partial charge in [-0.15, -0.1) is 0 Å². The number of hydrogen-bond acceptors (Lipinski definition) is 4. The average Bonchev–Trinajstić information content (AvgIpc) is 2.61. The molecular weight excluding hydrogens is 194 g/mol. The van der Waals surface area contributed by atoms with Gasteiger partial charge in [-0.05, 0) is 19.9 Å². The lowest BCUT2D eigenvalue weighted by atomic mass is 10.4. The van der Waals surface area contributed by atoms with Gasteiger partial charge in [0.15, 0.2) is 5.65 Å². The van der Waals surface area contributed by atoms with Crippen LogP contribution in [-0.4, -0.2) is 26.7 Å². The van der Waals surface area contributed by atoms with E-state index in [2.05, 4.69) is 15.0 Å². The minimum Gasteiger partial charge on any atom is -0.478 e. The van der Waals surface area contributed by atoms with Crippen LogP contribution in [0.25, 0.3) is 11.2 Å². The van der Waals surface area contributed by atoms with Crippen LogP contribution in [0.1, 0.15) is 25.8 Å². The second-order valence-electron chi connectivity index (χ2n) is 3.25. The molecule has 0 spiro atoms. The molecule has 1 atom stereocenters. The van der Waals surface area contributed by atoms with Crippen LogP contribution < -0.4 is 4.74 Å². The molecule has 2 aromatic rings. The highest BCUT2D eigenvalue weighted by Gasteiger charge is 2.08. The number of rotatable bonds is 3. The molecule has 2 heterocycles. The maximum absolute atomic E-state index is 9.34. The van der Waals surface area contributed by atoms with Crippen LogP contribution in [0.3, 0.4) is 0 Å². The number of fused-ring (bicyclic) bond motifs is 1. The van der Waals surface area contributed by atoms with Crippen molar-refractivity contribution in [2.45, 2.75) is 20.0 Å². The number of aromatic amines is 1. The maximum Gasteiger partial charge on any atom is 0.215 e. The van der Waals surface area contributed by atoms with E-state index in [0.29, 0.717) is 24.0 Å². The first kappa shape index (κ1) is 9.92. The van der Waals surface area contributed by atoms with E-state index in [9.17, 15) is 5.11 Å². The molecular formula is C10H13N3O2. The van der Waals surface area contributed by atoms with Gasteiger partial charge in [-0.2, -0.15) is 4.98 Å². The van der Waals surface area contributed by atoms with Crippen LogP contribution in [0.4, 0.5) is 0 Å². The van der Waals surface area contributed by atoms with Crippen molar-refractivity contribution in [2.24, 2.45) is 0 Å². The summed E-state index contributed by atoms with van der Waals surface area (Å²) in [4.78, 5) is 11.3. The third-order valence-corrected chi connectivity index (χ3v) is 2.03. The zero-order valence-corrected chi connectivity index (χ0v) is 8.69. The number of H-pyrrole nitrogens is 1. The molecule has 0 saturated heterocycles. The Morgan fingerprint density at radius 2 is 2.27 bits per heavy atom. The van der Waals surface area contributed by atoms with E-state index in [1.807, 2.05) is 13.0 Å². The molecule has 0 saturated carbocycles. The predicted octanol–water partition coefficient (Wildman–Crippen LogP) is 1.41. The van der Waals surface area contributed by atoms with Crippen LogP contribution in [0.2, 0.25) is 0 Å². The Morgan fingerprint density at radius 1 is 1.47 bits per heavy atom. The number of imidazole rings is 1. The van der Waals surface area contributed by atoms with Gasteiger partial charge in [0.1, 0.15) is 11.9 Å². The summed E-state index contributed by atoms with van der Waals surface area (Å²) in [5.41, 5.74) is 1.37. The van der Waals surface area contributed by atoms with Crippen molar-refractivity contribution in [3.63, 3.8) is 0 Å². The van der Waals surface area contributed by atoms with Crippen LogP contribution in [-0.2, 0) is 0 Å². The Morgan fingerprint density at radius 3 is 2.93 bits per heavy atom. The highest BCUT2D eigenvalue weighted by atomic mass is 16.5. The lowest BCUT2D eigenvalue weighted by Crippen LogP contribution is -1.94. The molecule has 0 aliphatic rings. The first-order chi connectivity index (χ1) is 7.20. The highest BCUT2D eigenvalue weighted by molar-refractivity contribution is 5.71. The van der Waals surface area contributed by atoms with Gasteiger partial charge in [0.25, 0.3) is 0 Å². The highest BCUT2D eigenvalue weighted by Crippen LogP contribution is 2.17. The first-order valence-electron chi connectivity index (χ1n) is 4.88. The number of hydrogen-bond donors (Lipinski definition) is 2. The largest absolute Gasteiger partial charge is 0.478 e. The van der Waals surface area contributed by atoms with Gasteiger partial charge in [0.05, 0.1) is 12.1 Å². The van der Waals surface area contributed by atoms with E-state index in [1.165, 1.54) is 0 Å². The van der Waals surface area contributed by atoms with Crippen LogP contribution in [0, 0.1) is 0 Å². The van der Waals surface area contributed by atoms with Gasteiger partial charge in [0.2, 0.25) is 5.88 Å². The molecule has 0 aliphatic heterocycles. The molecule has 5 nitrogen and oxygen atoms in total. The fourth-order valence-electron chi connectivity index (χ4n) is 1.32. The zero-order chi connectivity index (χ0) is 10.8.